The number of aryl methyl sites for hydroxylation is 1. The predicted molar refractivity (Wildman–Crippen MR) is 93.9 cm³/mol. The molecule has 1 fully saturated rings. The highest BCUT2D eigenvalue weighted by molar-refractivity contribution is 7.13. The van der Waals surface area contributed by atoms with Crippen molar-refractivity contribution in [3.05, 3.63) is 45.3 Å². The Bertz CT molecular complexity index is 755. The number of thiophene rings is 2. The van der Waals surface area contributed by atoms with Gasteiger partial charge in [-0.3, -0.25) is 4.90 Å². The smallest absolute Gasteiger partial charge is 0.258 e. The van der Waals surface area contributed by atoms with Crippen LogP contribution in [0.15, 0.2) is 33.4 Å². The van der Waals surface area contributed by atoms with Gasteiger partial charge in [-0.25, -0.2) is 0 Å². The van der Waals surface area contributed by atoms with Crippen LogP contribution in [0.5, 0.6) is 0 Å². The number of hydrogen-bond donors (Lipinski definition) is 0. The van der Waals surface area contributed by atoms with Crippen molar-refractivity contribution in [3.8, 4) is 10.8 Å². The van der Waals surface area contributed by atoms with Gasteiger partial charge in [-0.05, 0) is 61.3 Å². The van der Waals surface area contributed by atoms with Crippen LogP contribution in [0.2, 0.25) is 0 Å². The first-order valence-corrected chi connectivity index (χ1v) is 9.68. The zero-order valence-corrected chi connectivity index (χ0v) is 14.7. The van der Waals surface area contributed by atoms with Crippen LogP contribution < -0.4 is 0 Å². The molecule has 4 rings (SSSR count). The van der Waals surface area contributed by atoms with E-state index in [9.17, 15) is 0 Å². The molecule has 23 heavy (non-hydrogen) atoms. The van der Waals surface area contributed by atoms with E-state index in [0.29, 0.717) is 11.8 Å². The maximum absolute atomic E-state index is 5.96. The average Bonchev–Trinajstić information content (AvgIpc) is 3.29. The first-order chi connectivity index (χ1) is 11.3. The van der Waals surface area contributed by atoms with E-state index in [1.165, 1.54) is 10.4 Å². The molecule has 0 atom stereocenters. The lowest BCUT2D eigenvalue weighted by atomic mass is 9.97. The first kappa shape index (κ1) is 15.1. The summed E-state index contributed by atoms with van der Waals surface area (Å²) >= 11 is 3.50. The van der Waals surface area contributed by atoms with E-state index in [4.69, 9.17) is 4.42 Å². The van der Waals surface area contributed by atoms with Gasteiger partial charge in [-0.15, -0.1) is 32.9 Å². The topological polar surface area (TPSA) is 42.2 Å². The second-order valence-corrected chi connectivity index (χ2v) is 7.96. The molecule has 0 aromatic carbocycles. The fraction of sp³-hybridized carbons (Fsp3) is 0.412. The van der Waals surface area contributed by atoms with Gasteiger partial charge in [0, 0.05) is 17.3 Å². The highest BCUT2D eigenvalue weighted by Gasteiger charge is 2.25. The Morgan fingerprint density at radius 2 is 2.04 bits per heavy atom. The molecule has 0 unspecified atom stereocenters. The van der Waals surface area contributed by atoms with Gasteiger partial charge in [0.15, 0.2) is 0 Å². The van der Waals surface area contributed by atoms with Gasteiger partial charge in [0.25, 0.3) is 5.89 Å². The molecule has 0 amide bonds. The molecule has 4 heterocycles. The lowest BCUT2D eigenvalue weighted by Gasteiger charge is -2.29. The zero-order valence-electron chi connectivity index (χ0n) is 13.1. The third kappa shape index (κ3) is 3.24. The molecule has 0 radical (unpaired) electrons. The van der Waals surface area contributed by atoms with Gasteiger partial charge in [0.05, 0.1) is 4.88 Å². The summed E-state index contributed by atoms with van der Waals surface area (Å²) in [6.07, 6.45) is 2.19. The summed E-state index contributed by atoms with van der Waals surface area (Å²) in [6, 6.07) is 6.43. The number of likely N-dealkylation sites (tertiary alicyclic amines) is 1. The van der Waals surface area contributed by atoms with E-state index in [1.54, 1.807) is 11.3 Å². The van der Waals surface area contributed by atoms with Crippen molar-refractivity contribution in [2.24, 2.45) is 0 Å². The van der Waals surface area contributed by atoms with Gasteiger partial charge in [-0.1, -0.05) is 6.07 Å². The summed E-state index contributed by atoms with van der Waals surface area (Å²) in [5.41, 5.74) is 1.20. The maximum Gasteiger partial charge on any atom is 0.258 e. The van der Waals surface area contributed by atoms with Crippen molar-refractivity contribution in [1.82, 2.24) is 15.1 Å². The minimum Gasteiger partial charge on any atom is -0.420 e. The molecule has 1 aliphatic heterocycles. The van der Waals surface area contributed by atoms with E-state index < -0.39 is 0 Å². The number of hydrogen-bond acceptors (Lipinski definition) is 6. The van der Waals surface area contributed by atoms with Crippen molar-refractivity contribution >= 4 is 22.7 Å². The van der Waals surface area contributed by atoms with Crippen LogP contribution in [-0.2, 0) is 6.54 Å². The lowest BCUT2D eigenvalue weighted by Crippen LogP contribution is -2.32. The largest absolute Gasteiger partial charge is 0.420 e. The molecule has 0 bridgehead atoms. The Morgan fingerprint density at radius 1 is 1.17 bits per heavy atom. The monoisotopic (exact) mass is 345 g/mol. The number of rotatable bonds is 4. The van der Waals surface area contributed by atoms with E-state index in [-0.39, 0.29) is 0 Å². The Kier molecular flexibility index (Phi) is 4.29. The van der Waals surface area contributed by atoms with Crippen LogP contribution in [0.3, 0.4) is 0 Å². The number of nitrogens with zero attached hydrogens (tertiary/aromatic N) is 3. The normalized spacial score (nSPS) is 16.9. The fourth-order valence-corrected chi connectivity index (χ4v) is 4.64. The second kappa shape index (κ2) is 6.55. The van der Waals surface area contributed by atoms with Gasteiger partial charge < -0.3 is 4.42 Å². The molecular weight excluding hydrogens is 326 g/mol. The summed E-state index contributed by atoms with van der Waals surface area (Å²) in [5, 5.41) is 12.8. The Balaban J connectivity index is 1.39. The van der Waals surface area contributed by atoms with Crippen molar-refractivity contribution in [3.63, 3.8) is 0 Å². The Hall–Kier alpha value is -1.50. The maximum atomic E-state index is 5.96. The number of aromatic nitrogens is 2. The van der Waals surface area contributed by atoms with Crippen LogP contribution in [0.4, 0.5) is 0 Å². The quantitative estimate of drug-likeness (QED) is 0.696. The predicted octanol–water partition coefficient (Wildman–Crippen LogP) is 4.55. The molecule has 120 valence electrons. The van der Waals surface area contributed by atoms with Crippen LogP contribution in [-0.4, -0.2) is 28.2 Å². The van der Waals surface area contributed by atoms with Crippen molar-refractivity contribution < 1.29 is 4.42 Å². The molecule has 0 saturated carbocycles. The first-order valence-electron chi connectivity index (χ1n) is 7.92. The number of piperidine rings is 1. The van der Waals surface area contributed by atoms with Crippen molar-refractivity contribution in [2.75, 3.05) is 13.1 Å². The van der Waals surface area contributed by atoms with Gasteiger partial charge in [-0.2, -0.15) is 0 Å². The van der Waals surface area contributed by atoms with Gasteiger partial charge in [0.2, 0.25) is 5.89 Å². The second-order valence-electron chi connectivity index (χ2n) is 6.01. The third-order valence-corrected chi connectivity index (χ3v) is 6.26. The SMILES string of the molecule is Cc1ccsc1-c1nnc(C2CCN(Cc3cccs3)CC2)o1. The molecule has 1 saturated heterocycles. The van der Waals surface area contributed by atoms with Gasteiger partial charge >= 0.3 is 0 Å². The Morgan fingerprint density at radius 3 is 2.74 bits per heavy atom. The highest BCUT2D eigenvalue weighted by atomic mass is 32.1. The minimum absolute atomic E-state index is 0.399. The Labute approximate surface area is 143 Å². The van der Waals surface area contributed by atoms with E-state index >= 15 is 0 Å². The summed E-state index contributed by atoms with van der Waals surface area (Å²) in [6.45, 7) is 5.34. The molecule has 1 aliphatic rings. The molecule has 4 nitrogen and oxygen atoms in total. The average molecular weight is 345 g/mol. The van der Waals surface area contributed by atoms with E-state index in [0.717, 1.165) is 43.2 Å². The third-order valence-electron chi connectivity index (χ3n) is 4.39. The molecular formula is C17H19N3OS2. The summed E-state index contributed by atoms with van der Waals surface area (Å²) in [4.78, 5) is 5.05. The van der Waals surface area contributed by atoms with Crippen molar-refractivity contribution in [2.45, 2.75) is 32.2 Å². The van der Waals surface area contributed by atoms with E-state index in [1.807, 2.05) is 11.3 Å². The zero-order chi connectivity index (χ0) is 15.6. The minimum atomic E-state index is 0.399. The summed E-state index contributed by atoms with van der Waals surface area (Å²) in [5.74, 6) is 1.88. The molecule has 0 spiro atoms. The molecule has 0 N–H and O–H groups in total. The molecule has 0 aliphatic carbocycles. The molecule has 6 heteroatoms. The van der Waals surface area contributed by atoms with Crippen LogP contribution in [0, 0.1) is 6.92 Å². The van der Waals surface area contributed by atoms with Gasteiger partial charge in [0.1, 0.15) is 0 Å². The fourth-order valence-electron chi connectivity index (χ4n) is 3.04. The van der Waals surface area contributed by atoms with Crippen LogP contribution in [0.25, 0.3) is 10.8 Å². The van der Waals surface area contributed by atoms with Crippen molar-refractivity contribution in [1.29, 1.82) is 0 Å². The summed E-state index contributed by atoms with van der Waals surface area (Å²) in [7, 11) is 0. The lowest BCUT2D eigenvalue weighted by molar-refractivity contribution is 0.194. The summed E-state index contributed by atoms with van der Waals surface area (Å²) < 4.78 is 5.96. The highest BCUT2D eigenvalue weighted by Crippen LogP contribution is 2.32. The molecule has 3 aromatic rings. The van der Waals surface area contributed by atoms with Crippen LogP contribution in [0.1, 0.15) is 35.1 Å². The standard InChI is InChI=1S/C17H19N3OS2/c1-12-6-10-23-15(12)17-19-18-16(21-17)13-4-7-20(8-5-13)11-14-3-2-9-22-14/h2-3,6,9-10,13H,4-5,7-8,11H2,1H3. The molecule has 3 aromatic heterocycles. The van der Waals surface area contributed by atoms with Crippen LogP contribution >= 0.6 is 22.7 Å². The van der Waals surface area contributed by atoms with E-state index in [2.05, 4.69) is 51.0 Å².